The summed E-state index contributed by atoms with van der Waals surface area (Å²) in [5.74, 6) is -0.258. The molecule has 14 heteroatoms. The van der Waals surface area contributed by atoms with Crippen LogP contribution in [0.15, 0.2) is 122 Å². The van der Waals surface area contributed by atoms with Crippen molar-refractivity contribution >= 4 is 5.91 Å². The summed E-state index contributed by atoms with van der Waals surface area (Å²) in [6, 6.07) is -0.859. The minimum atomic E-state index is -1.79. The molecule has 12 unspecified atom stereocenters. The number of nitrogens with one attached hydrogen (secondary N) is 1. The lowest BCUT2D eigenvalue weighted by molar-refractivity contribution is -0.359. The summed E-state index contributed by atoms with van der Waals surface area (Å²) in [4.78, 5) is 13.2. The minimum Gasteiger partial charge on any atom is -0.394 e. The zero-order chi connectivity index (χ0) is 55.3. The molecular formula is C62H101NO13. The first-order valence-corrected chi connectivity index (χ1v) is 28.8. The van der Waals surface area contributed by atoms with Crippen LogP contribution in [-0.4, -0.2) is 140 Å². The second-order valence-corrected chi connectivity index (χ2v) is 19.7. The number of aliphatic hydroxyl groups is 8. The van der Waals surface area contributed by atoms with Gasteiger partial charge in [-0.1, -0.05) is 193 Å². The molecule has 2 saturated heterocycles. The molecule has 2 fully saturated rings. The van der Waals surface area contributed by atoms with E-state index in [-0.39, 0.29) is 18.9 Å². The van der Waals surface area contributed by atoms with Gasteiger partial charge in [0.25, 0.3) is 0 Å². The third kappa shape index (κ3) is 31.7. The van der Waals surface area contributed by atoms with Gasteiger partial charge in [-0.15, -0.1) is 0 Å². The lowest BCUT2D eigenvalue weighted by atomic mass is 9.97. The van der Waals surface area contributed by atoms with Crippen LogP contribution >= 0.6 is 0 Å². The van der Waals surface area contributed by atoms with E-state index >= 15 is 0 Å². The van der Waals surface area contributed by atoms with Crippen molar-refractivity contribution in [1.29, 1.82) is 0 Å². The highest BCUT2D eigenvalue weighted by Crippen LogP contribution is 2.30. The molecule has 2 aliphatic rings. The Morgan fingerprint density at radius 3 is 1.37 bits per heavy atom. The highest BCUT2D eigenvalue weighted by molar-refractivity contribution is 5.76. The summed E-state index contributed by atoms with van der Waals surface area (Å²) >= 11 is 0. The molecule has 0 spiro atoms. The van der Waals surface area contributed by atoms with Crippen LogP contribution in [0.1, 0.15) is 168 Å². The van der Waals surface area contributed by atoms with E-state index in [2.05, 4.69) is 141 Å². The largest absolute Gasteiger partial charge is 0.394 e. The molecule has 0 saturated carbocycles. The van der Waals surface area contributed by atoms with Crippen LogP contribution in [0.25, 0.3) is 0 Å². The first-order chi connectivity index (χ1) is 37.1. The molecule has 0 bridgehead atoms. The zero-order valence-electron chi connectivity index (χ0n) is 46.2. The fourth-order valence-corrected chi connectivity index (χ4v) is 8.56. The standard InChI is InChI=1S/C62H101NO13/c1-3-5-7-9-11-13-14-15-16-17-18-19-20-21-22-23-24-25-26-27-28-29-30-31-32-33-34-35-36-38-40-42-44-46-54(67)63-50(51(66)45-43-41-39-37-12-10-8-6-4-2)49-73-61-59(72)57(70)60(53(48-65)75-61)76-62-58(71)56(69)55(68)52(47-64)74-62/h5,7,11,13,15-16,18-19,21-22,24-25,27-28,30-31,33-34,36,38,50-53,55-62,64-66,68-72H,3-4,6,8-10,12,14,17,20,23,26,29,32,35,37,39-49H2,1-2H3,(H,63,67)/b7-5-,13-11-,16-15-,19-18-,22-21-,25-24-,28-27-,31-30-,34-33-,38-36-. The molecule has 2 aliphatic heterocycles. The van der Waals surface area contributed by atoms with Crippen LogP contribution in [0.4, 0.5) is 0 Å². The second-order valence-electron chi connectivity index (χ2n) is 19.7. The third-order valence-corrected chi connectivity index (χ3v) is 13.2. The van der Waals surface area contributed by atoms with Crippen LogP contribution in [0.3, 0.4) is 0 Å². The molecule has 9 N–H and O–H groups in total. The third-order valence-electron chi connectivity index (χ3n) is 13.2. The Morgan fingerprint density at radius 1 is 0.487 bits per heavy atom. The highest BCUT2D eigenvalue weighted by Gasteiger charge is 2.51. The lowest BCUT2D eigenvalue weighted by Gasteiger charge is -2.46. The lowest BCUT2D eigenvalue weighted by Crippen LogP contribution is -2.65. The number of hydrogen-bond acceptors (Lipinski definition) is 13. The van der Waals surface area contributed by atoms with Gasteiger partial charge in [0.2, 0.25) is 5.91 Å². The molecule has 432 valence electrons. The van der Waals surface area contributed by atoms with Crippen molar-refractivity contribution < 1.29 is 64.6 Å². The predicted molar refractivity (Wildman–Crippen MR) is 304 cm³/mol. The number of allylic oxidation sites excluding steroid dienone is 20. The van der Waals surface area contributed by atoms with Crippen molar-refractivity contribution in [2.75, 3.05) is 19.8 Å². The van der Waals surface area contributed by atoms with Crippen molar-refractivity contribution in [3.63, 3.8) is 0 Å². The van der Waals surface area contributed by atoms with Gasteiger partial charge < -0.3 is 65.1 Å². The van der Waals surface area contributed by atoms with Crippen molar-refractivity contribution in [3.8, 4) is 0 Å². The van der Waals surface area contributed by atoms with Gasteiger partial charge in [0.1, 0.15) is 48.8 Å². The SMILES string of the molecule is CC/C=C\C/C=C\C/C=C\C/C=C\C/C=C\C/C=C\C/C=C\C/C=C\C/C=C\C/C=C\CCCCC(=O)NC(COC1OC(CO)C(OC2OC(CO)C(O)C(O)C2O)C(O)C1O)C(O)CCCCCCCCCCC. The van der Waals surface area contributed by atoms with Gasteiger partial charge in [0.05, 0.1) is 32.0 Å². The molecular weight excluding hydrogens is 967 g/mol. The molecule has 0 aliphatic carbocycles. The van der Waals surface area contributed by atoms with Crippen molar-refractivity contribution in [2.45, 2.75) is 242 Å². The maximum atomic E-state index is 13.2. The first-order valence-electron chi connectivity index (χ1n) is 28.8. The van der Waals surface area contributed by atoms with E-state index in [0.717, 1.165) is 103 Å². The van der Waals surface area contributed by atoms with Gasteiger partial charge in [-0.25, -0.2) is 0 Å². The molecule has 14 nitrogen and oxygen atoms in total. The van der Waals surface area contributed by atoms with Gasteiger partial charge in [0, 0.05) is 6.42 Å². The van der Waals surface area contributed by atoms with E-state index in [4.69, 9.17) is 18.9 Å². The van der Waals surface area contributed by atoms with Crippen molar-refractivity contribution in [1.82, 2.24) is 5.32 Å². The Labute approximate surface area is 457 Å². The Balaban J connectivity index is 1.70. The topological polar surface area (TPSA) is 228 Å². The number of hydrogen-bond donors (Lipinski definition) is 9. The van der Waals surface area contributed by atoms with Crippen LogP contribution in [0.2, 0.25) is 0 Å². The highest BCUT2D eigenvalue weighted by atomic mass is 16.7. The van der Waals surface area contributed by atoms with Gasteiger partial charge >= 0.3 is 0 Å². The van der Waals surface area contributed by atoms with Gasteiger partial charge in [0.15, 0.2) is 12.6 Å². The fourth-order valence-electron chi connectivity index (χ4n) is 8.56. The maximum absolute atomic E-state index is 13.2. The van der Waals surface area contributed by atoms with Gasteiger partial charge in [-0.3, -0.25) is 4.79 Å². The number of rotatable bonds is 43. The summed E-state index contributed by atoms with van der Waals surface area (Å²) < 4.78 is 22.7. The predicted octanol–water partition coefficient (Wildman–Crippen LogP) is 9.44. The van der Waals surface area contributed by atoms with Gasteiger partial charge in [-0.2, -0.15) is 0 Å². The number of carbonyl (C=O) groups excluding carboxylic acids is 1. The zero-order valence-corrected chi connectivity index (χ0v) is 46.2. The number of unbranched alkanes of at least 4 members (excludes halogenated alkanes) is 10. The molecule has 12 atom stereocenters. The molecule has 0 radical (unpaired) electrons. The molecule has 2 rings (SSSR count). The Bertz CT molecular complexity index is 1730. The fraction of sp³-hybridized carbons (Fsp3) is 0.661. The van der Waals surface area contributed by atoms with E-state index in [1.165, 1.54) is 32.1 Å². The van der Waals surface area contributed by atoms with E-state index in [1.54, 1.807) is 0 Å². The Hall–Kier alpha value is -3.61. The molecule has 1 amide bonds. The van der Waals surface area contributed by atoms with Crippen LogP contribution in [0.5, 0.6) is 0 Å². The first kappa shape index (κ1) is 68.5. The monoisotopic (exact) mass is 1070 g/mol. The second kappa shape index (κ2) is 46.3. The molecule has 0 aromatic carbocycles. The van der Waals surface area contributed by atoms with E-state index < -0.39 is 86.8 Å². The summed E-state index contributed by atoms with van der Waals surface area (Å²) in [6.07, 6.45) is 49.4. The van der Waals surface area contributed by atoms with Crippen LogP contribution in [0, 0.1) is 0 Å². The molecule has 76 heavy (non-hydrogen) atoms. The maximum Gasteiger partial charge on any atom is 0.220 e. The van der Waals surface area contributed by atoms with Crippen LogP contribution in [-0.2, 0) is 23.7 Å². The Morgan fingerprint density at radius 2 is 0.908 bits per heavy atom. The summed E-state index contributed by atoms with van der Waals surface area (Å²) in [5.41, 5.74) is 0. The summed E-state index contributed by atoms with van der Waals surface area (Å²) in [5, 5.41) is 86.8. The average molecular weight is 1070 g/mol. The molecule has 0 aromatic rings. The summed E-state index contributed by atoms with van der Waals surface area (Å²) in [7, 11) is 0. The number of carbonyl (C=O) groups is 1. The summed E-state index contributed by atoms with van der Waals surface area (Å²) in [6.45, 7) is 2.65. The van der Waals surface area contributed by atoms with E-state index in [1.807, 2.05) is 0 Å². The quantitative estimate of drug-likeness (QED) is 0.0205. The normalized spacial score (nSPS) is 25.8. The minimum absolute atomic E-state index is 0.240. The average Bonchev–Trinajstić information content (AvgIpc) is 3.42. The molecule has 0 aromatic heterocycles. The molecule has 2 heterocycles. The van der Waals surface area contributed by atoms with Crippen molar-refractivity contribution in [2.24, 2.45) is 0 Å². The van der Waals surface area contributed by atoms with Gasteiger partial charge in [-0.05, 0) is 89.9 Å². The Kier molecular flexibility index (Phi) is 41.7. The van der Waals surface area contributed by atoms with Crippen molar-refractivity contribution in [3.05, 3.63) is 122 Å². The van der Waals surface area contributed by atoms with E-state index in [0.29, 0.717) is 12.8 Å². The number of ether oxygens (including phenoxy) is 4. The van der Waals surface area contributed by atoms with E-state index in [9.17, 15) is 45.6 Å². The van der Waals surface area contributed by atoms with Crippen LogP contribution < -0.4 is 5.32 Å². The smallest absolute Gasteiger partial charge is 0.220 e. The number of aliphatic hydroxyl groups excluding tert-OH is 8. The number of amides is 1.